The Kier molecular flexibility index (Phi) is 10.2. The summed E-state index contributed by atoms with van der Waals surface area (Å²) in [4.78, 5) is 28.2. The van der Waals surface area contributed by atoms with Gasteiger partial charge < -0.3 is 15.0 Å². The second-order valence-electron chi connectivity index (χ2n) is 10.4. The molecule has 34 heavy (non-hydrogen) atoms. The topological polar surface area (TPSA) is 58.6 Å². The van der Waals surface area contributed by atoms with Crippen LogP contribution in [0.4, 0.5) is 0 Å². The maximum absolute atomic E-state index is 13.5. The van der Waals surface area contributed by atoms with Crippen LogP contribution in [0.5, 0.6) is 5.75 Å². The van der Waals surface area contributed by atoms with Gasteiger partial charge >= 0.3 is 0 Å². The van der Waals surface area contributed by atoms with Crippen molar-refractivity contribution in [3.8, 4) is 5.75 Å². The van der Waals surface area contributed by atoms with Crippen molar-refractivity contribution in [3.05, 3.63) is 65.2 Å². The Bertz CT molecular complexity index is 929. The molecular weight excluding hydrogens is 424 g/mol. The van der Waals surface area contributed by atoms with Gasteiger partial charge in [0.25, 0.3) is 0 Å². The van der Waals surface area contributed by atoms with Crippen molar-refractivity contribution in [2.75, 3.05) is 13.7 Å². The van der Waals surface area contributed by atoms with Crippen LogP contribution in [0.15, 0.2) is 48.5 Å². The highest BCUT2D eigenvalue weighted by molar-refractivity contribution is 5.87. The molecule has 5 heteroatoms. The van der Waals surface area contributed by atoms with Gasteiger partial charge in [-0.1, -0.05) is 77.9 Å². The fraction of sp³-hybridized carbons (Fsp3) is 0.517. The number of benzene rings is 2. The molecule has 0 aliphatic carbocycles. The summed E-state index contributed by atoms with van der Waals surface area (Å²) < 4.78 is 5.35. The van der Waals surface area contributed by atoms with Crippen LogP contribution in [-0.2, 0) is 28.0 Å². The summed E-state index contributed by atoms with van der Waals surface area (Å²) in [5.41, 5.74) is 3.44. The van der Waals surface area contributed by atoms with Crippen LogP contribution in [0, 0.1) is 5.92 Å². The maximum atomic E-state index is 13.5. The summed E-state index contributed by atoms with van der Waals surface area (Å²) in [7, 11) is 1.63. The molecule has 2 rings (SSSR count). The predicted octanol–water partition coefficient (Wildman–Crippen LogP) is 5.50. The third-order valence-electron chi connectivity index (χ3n) is 6.01. The summed E-state index contributed by atoms with van der Waals surface area (Å²) >= 11 is 0. The number of rotatable bonds is 11. The van der Waals surface area contributed by atoms with E-state index in [0.717, 1.165) is 16.9 Å². The quantitative estimate of drug-likeness (QED) is 0.475. The predicted molar refractivity (Wildman–Crippen MR) is 139 cm³/mol. The first kappa shape index (κ1) is 27.4. The van der Waals surface area contributed by atoms with Gasteiger partial charge in [-0.25, -0.2) is 0 Å². The molecule has 0 spiro atoms. The molecular formula is C29H42N2O3. The lowest BCUT2D eigenvalue weighted by atomic mass is 9.86. The number of nitrogens with one attached hydrogen (secondary N) is 1. The largest absolute Gasteiger partial charge is 0.497 e. The fourth-order valence-electron chi connectivity index (χ4n) is 3.88. The zero-order valence-electron chi connectivity index (χ0n) is 22.0. The van der Waals surface area contributed by atoms with Gasteiger partial charge in [0.05, 0.1) is 7.11 Å². The molecule has 0 radical (unpaired) electrons. The summed E-state index contributed by atoms with van der Waals surface area (Å²) in [5, 5.41) is 3.01. The molecule has 5 nitrogen and oxygen atoms in total. The number of amides is 2. The third-order valence-corrected chi connectivity index (χ3v) is 6.01. The van der Waals surface area contributed by atoms with Crippen molar-refractivity contribution in [3.63, 3.8) is 0 Å². The highest BCUT2D eigenvalue weighted by Crippen LogP contribution is 2.23. The first-order valence-corrected chi connectivity index (χ1v) is 12.3. The zero-order valence-corrected chi connectivity index (χ0v) is 22.0. The molecule has 0 unspecified atom stereocenters. The first-order chi connectivity index (χ1) is 16.0. The molecule has 2 amide bonds. The van der Waals surface area contributed by atoms with E-state index < -0.39 is 6.04 Å². The van der Waals surface area contributed by atoms with E-state index in [-0.39, 0.29) is 17.2 Å². The van der Waals surface area contributed by atoms with E-state index in [9.17, 15) is 9.59 Å². The minimum absolute atomic E-state index is 0.0192. The Morgan fingerprint density at radius 2 is 1.71 bits per heavy atom. The van der Waals surface area contributed by atoms with Crippen molar-refractivity contribution >= 4 is 11.8 Å². The summed E-state index contributed by atoms with van der Waals surface area (Å²) in [6.45, 7) is 13.6. The minimum Gasteiger partial charge on any atom is -0.497 e. The summed E-state index contributed by atoms with van der Waals surface area (Å²) in [5.74, 6) is 0.970. The zero-order chi connectivity index (χ0) is 25.3. The number of carbonyl (C=O) groups excluding carboxylic acids is 2. The van der Waals surface area contributed by atoms with Gasteiger partial charge in [-0.2, -0.15) is 0 Å². The van der Waals surface area contributed by atoms with Gasteiger partial charge in [0, 0.05) is 19.5 Å². The van der Waals surface area contributed by atoms with Crippen LogP contribution in [0.1, 0.15) is 71.1 Å². The van der Waals surface area contributed by atoms with Gasteiger partial charge in [0.15, 0.2) is 0 Å². The number of hydrogen-bond donors (Lipinski definition) is 1. The lowest BCUT2D eigenvalue weighted by Crippen LogP contribution is -2.49. The van der Waals surface area contributed by atoms with Crippen LogP contribution in [0.3, 0.4) is 0 Å². The highest BCUT2D eigenvalue weighted by atomic mass is 16.5. The van der Waals surface area contributed by atoms with Crippen LogP contribution in [0.2, 0.25) is 0 Å². The third kappa shape index (κ3) is 8.19. The van der Waals surface area contributed by atoms with Crippen LogP contribution in [-0.4, -0.2) is 36.4 Å². The average molecular weight is 467 g/mol. The second-order valence-corrected chi connectivity index (χ2v) is 10.4. The molecule has 1 N–H and O–H groups in total. The molecule has 0 aliphatic heterocycles. The first-order valence-electron chi connectivity index (χ1n) is 12.3. The normalized spacial score (nSPS) is 12.4. The smallest absolute Gasteiger partial charge is 0.242 e. The Labute approximate surface area is 205 Å². The Balaban J connectivity index is 2.20. The number of hydrogen-bond acceptors (Lipinski definition) is 3. The van der Waals surface area contributed by atoms with Gasteiger partial charge in [-0.05, 0) is 53.0 Å². The monoisotopic (exact) mass is 466 g/mol. The Morgan fingerprint density at radius 1 is 1.03 bits per heavy atom. The van der Waals surface area contributed by atoms with Crippen LogP contribution in [0.25, 0.3) is 0 Å². The van der Waals surface area contributed by atoms with E-state index >= 15 is 0 Å². The summed E-state index contributed by atoms with van der Waals surface area (Å²) in [6, 6.07) is 15.7. The minimum atomic E-state index is -0.513. The lowest BCUT2D eigenvalue weighted by Gasteiger charge is -2.31. The van der Waals surface area contributed by atoms with Gasteiger partial charge in [-0.15, -0.1) is 0 Å². The molecule has 0 aliphatic rings. The van der Waals surface area contributed by atoms with E-state index in [1.54, 1.807) is 12.0 Å². The molecule has 186 valence electrons. The van der Waals surface area contributed by atoms with Crippen LogP contribution >= 0.6 is 0 Å². The van der Waals surface area contributed by atoms with Crippen LogP contribution < -0.4 is 10.1 Å². The highest BCUT2D eigenvalue weighted by Gasteiger charge is 2.28. The SMILES string of the molecule is CC[C@H](C(=O)NCC(C)C)N(Cc1cccc(OC)c1)C(=O)CCc1ccc(C(C)(C)C)cc1. The molecule has 2 aromatic carbocycles. The summed E-state index contributed by atoms with van der Waals surface area (Å²) in [6.07, 6.45) is 1.55. The fourth-order valence-corrected chi connectivity index (χ4v) is 3.88. The molecule has 0 aromatic heterocycles. The molecule has 2 aromatic rings. The Hall–Kier alpha value is -2.82. The number of aryl methyl sites for hydroxylation is 1. The molecule has 0 bridgehead atoms. The van der Waals surface area contributed by atoms with E-state index in [1.807, 2.05) is 31.2 Å². The molecule has 0 heterocycles. The van der Waals surface area contributed by atoms with Crippen molar-refractivity contribution < 1.29 is 14.3 Å². The van der Waals surface area contributed by atoms with Gasteiger partial charge in [-0.3, -0.25) is 9.59 Å². The van der Waals surface area contributed by atoms with Crippen molar-refractivity contribution in [2.45, 2.75) is 78.8 Å². The average Bonchev–Trinajstić information content (AvgIpc) is 2.80. The molecule has 0 saturated carbocycles. The van der Waals surface area contributed by atoms with Gasteiger partial charge in [0.2, 0.25) is 11.8 Å². The maximum Gasteiger partial charge on any atom is 0.242 e. The van der Waals surface area contributed by atoms with Crippen molar-refractivity contribution in [1.82, 2.24) is 10.2 Å². The van der Waals surface area contributed by atoms with E-state index in [4.69, 9.17) is 4.74 Å². The lowest BCUT2D eigenvalue weighted by molar-refractivity contribution is -0.141. The van der Waals surface area contributed by atoms with E-state index in [2.05, 4.69) is 64.2 Å². The van der Waals surface area contributed by atoms with Gasteiger partial charge in [0.1, 0.15) is 11.8 Å². The van der Waals surface area contributed by atoms with Crippen molar-refractivity contribution in [1.29, 1.82) is 0 Å². The second kappa shape index (κ2) is 12.6. The molecule has 0 fully saturated rings. The number of nitrogens with zero attached hydrogens (tertiary/aromatic N) is 1. The number of carbonyl (C=O) groups is 2. The standard InChI is InChI=1S/C29H42N2O3/c1-8-26(28(33)30-19-21(2)3)31(20-23-10-9-11-25(18-23)34-7)27(32)17-14-22-12-15-24(16-13-22)29(4,5)6/h9-13,15-16,18,21,26H,8,14,17,19-20H2,1-7H3,(H,30,33)/t26-/m1/s1. The molecule has 1 atom stereocenters. The molecule has 0 saturated heterocycles. The van der Waals surface area contributed by atoms with E-state index in [1.165, 1.54) is 5.56 Å². The number of methoxy groups -OCH3 is 1. The van der Waals surface area contributed by atoms with E-state index in [0.29, 0.717) is 38.3 Å². The Morgan fingerprint density at radius 3 is 2.26 bits per heavy atom. The number of ether oxygens (including phenoxy) is 1. The van der Waals surface area contributed by atoms with Crippen molar-refractivity contribution in [2.24, 2.45) is 5.92 Å².